The Hall–Kier alpha value is -1.10. The number of alkyl halides is 2. The van der Waals surface area contributed by atoms with Gasteiger partial charge in [-0.1, -0.05) is 0 Å². The lowest BCUT2D eigenvalue weighted by Gasteiger charge is -2.06. The monoisotopic (exact) mass is 190 g/mol. The van der Waals surface area contributed by atoms with Crippen LogP contribution in [0.3, 0.4) is 0 Å². The highest BCUT2D eigenvalue weighted by Crippen LogP contribution is 2.22. The van der Waals surface area contributed by atoms with Crippen molar-refractivity contribution in [2.45, 2.75) is 19.9 Å². The lowest BCUT2D eigenvalue weighted by molar-refractivity contribution is 0.145. The van der Waals surface area contributed by atoms with Gasteiger partial charge in [0, 0.05) is 6.54 Å². The molecule has 72 valence electrons. The summed E-state index contributed by atoms with van der Waals surface area (Å²) in [4.78, 5) is 3.34. The zero-order chi connectivity index (χ0) is 10.0. The third kappa shape index (κ3) is 1.98. The van der Waals surface area contributed by atoms with Crippen molar-refractivity contribution in [3.8, 4) is 0 Å². The van der Waals surface area contributed by atoms with E-state index in [1.54, 1.807) is 6.92 Å². The maximum Gasteiger partial charge on any atom is 0.268 e. The Labute approximate surface area is 73.6 Å². The minimum absolute atomic E-state index is 0.0479. The third-order valence-corrected chi connectivity index (χ3v) is 1.73. The minimum atomic E-state index is -2.84. The van der Waals surface area contributed by atoms with Crippen LogP contribution in [-0.2, 0) is 6.54 Å². The fraction of sp³-hybridized carbons (Fsp3) is 0.375. The number of nitrogens with zero attached hydrogens (tertiary/aromatic N) is 1. The molecule has 1 aromatic rings. The number of aryl methyl sites for hydroxylation is 1. The zero-order valence-corrected chi connectivity index (χ0v) is 7.02. The summed E-state index contributed by atoms with van der Waals surface area (Å²) in [6, 6.07) is 1.08. The van der Waals surface area contributed by atoms with E-state index in [-0.39, 0.29) is 6.54 Å². The van der Waals surface area contributed by atoms with Gasteiger partial charge in [0.2, 0.25) is 5.95 Å². The molecule has 0 radical (unpaired) electrons. The molecule has 0 bridgehead atoms. The van der Waals surface area contributed by atoms with Gasteiger partial charge in [0.25, 0.3) is 6.43 Å². The summed E-state index contributed by atoms with van der Waals surface area (Å²) in [7, 11) is 0. The Morgan fingerprint density at radius 2 is 2.15 bits per heavy atom. The van der Waals surface area contributed by atoms with Crippen LogP contribution >= 0.6 is 0 Å². The maximum absolute atomic E-state index is 12.8. The first-order chi connectivity index (χ1) is 6.06. The number of halogens is 3. The molecule has 0 atom stereocenters. The van der Waals surface area contributed by atoms with E-state index in [9.17, 15) is 13.2 Å². The van der Waals surface area contributed by atoms with Crippen molar-refractivity contribution in [3.05, 3.63) is 28.8 Å². The van der Waals surface area contributed by atoms with Crippen LogP contribution in [0.15, 0.2) is 6.07 Å². The first-order valence-electron chi connectivity index (χ1n) is 3.70. The molecule has 1 rings (SSSR count). The normalized spacial score (nSPS) is 10.9. The van der Waals surface area contributed by atoms with Gasteiger partial charge in [-0.2, -0.15) is 4.39 Å². The molecule has 0 saturated heterocycles. The Kier molecular flexibility index (Phi) is 2.87. The molecule has 0 spiro atoms. The van der Waals surface area contributed by atoms with E-state index in [4.69, 9.17) is 5.73 Å². The minimum Gasteiger partial charge on any atom is -0.325 e. The zero-order valence-electron chi connectivity index (χ0n) is 7.02. The molecule has 0 aliphatic heterocycles. The summed E-state index contributed by atoms with van der Waals surface area (Å²) in [6.45, 7) is 1.62. The van der Waals surface area contributed by atoms with E-state index in [0.29, 0.717) is 11.3 Å². The highest BCUT2D eigenvalue weighted by Gasteiger charge is 2.16. The van der Waals surface area contributed by atoms with Gasteiger partial charge in [-0.25, -0.2) is 13.8 Å². The quantitative estimate of drug-likeness (QED) is 0.723. The third-order valence-electron chi connectivity index (χ3n) is 1.73. The average molecular weight is 190 g/mol. The molecule has 2 nitrogen and oxygen atoms in total. The maximum atomic E-state index is 12.8. The van der Waals surface area contributed by atoms with E-state index in [1.165, 1.54) is 0 Å². The van der Waals surface area contributed by atoms with Crippen molar-refractivity contribution in [3.63, 3.8) is 0 Å². The Morgan fingerprint density at radius 1 is 1.54 bits per heavy atom. The summed E-state index contributed by atoms with van der Waals surface area (Å²) >= 11 is 0. The van der Waals surface area contributed by atoms with Gasteiger partial charge >= 0.3 is 0 Å². The fourth-order valence-electron chi connectivity index (χ4n) is 1.01. The summed E-state index contributed by atoms with van der Waals surface area (Å²) in [5, 5.41) is 0. The predicted molar refractivity (Wildman–Crippen MR) is 41.8 cm³/mol. The highest BCUT2D eigenvalue weighted by atomic mass is 19.3. The molecule has 0 saturated carbocycles. The number of hydrogen-bond acceptors (Lipinski definition) is 2. The highest BCUT2D eigenvalue weighted by molar-refractivity contribution is 5.25. The fourth-order valence-corrected chi connectivity index (χ4v) is 1.01. The van der Waals surface area contributed by atoms with Crippen molar-refractivity contribution >= 4 is 0 Å². The molecule has 13 heavy (non-hydrogen) atoms. The lowest BCUT2D eigenvalue weighted by Crippen LogP contribution is -2.06. The predicted octanol–water partition coefficient (Wildman–Crippen LogP) is 1.93. The molecule has 0 aliphatic carbocycles. The summed E-state index contributed by atoms with van der Waals surface area (Å²) in [5.41, 5.74) is 5.35. The molecule has 0 amide bonds. The molecule has 0 fully saturated rings. The van der Waals surface area contributed by atoms with Crippen LogP contribution in [0.25, 0.3) is 0 Å². The molecule has 1 aromatic heterocycles. The van der Waals surface area contributed by atoms with Crippen LogP contribution in [0.1, 0.15) is 23.2 Å². The van der Waals surface area contributed by atoms with Crippen LogP contribution in [-0.4, -0.2) is 4.98 Å². The summed E-state index contributed by atoms with van der Waals surface area (Å²) in [5.74, 6) is -1.14. The number of pyridine rings is 1. The number of hydrogen-bond donors (Lipinski definition) is 1. The lowest BCUT2D eigenvalue weighted by atomic mass is 10.1. The van der Waals surface area contributed by atoms with E-state index in [0.717, 1.165) is 6.07 Å². The van der Waals surface area contributed by atoms with Crippen molar-refractivity contribution in [1.29, 1.82) is 0 Å². The van der Waals surface area contributed by atoms with E-state index in [2.05, 4.69) is 4.98 Å². The Bertz CT molecular complexity index is 313. The standard InChI is InChI=1S/C8H9F3N2/c1-4-2-5(7(9)10)8(11)13-6(4)3-12/h2,7H,3,12H2,1H3. The van der Waals surface area contributed by atoms with Crippen molar-refractivity contribution in [1.82, 2.24) is 4.98 Å². The van der Waals surface area contributed by atoms with Gasteiger partial charge in [-0.3, -0.25) is 0 Å². The topological polar surface area (TPSA) is 38.9 Å². The molecule has 0 unspecified atom stereocenters. The van der Waals surface area contributed by atoms with Gasteiger partial charge in [-0.05, 0) is 18.6 Å². The van der Waals surface area contributed by atoms with Crippen LogP contribution in [0.2, 0.25) is 0 Å². The van der Waals surface area contributed by atoms with Gasteiger partial charge in [0.1, 0.15) is 0 Å². The van der Waals surface area contributed by atoms with E-state index >= 15 is 0 Å². The SMILES string of the molecule is Cc1cc(C(F)F)c(F)nc1CN. The van der Waals surface area contributed by atoms with Crippen molar-refractivity contribution in [2.24, 2.45) is 5.73 Å². The van der Waals surface area contributed by atoms with E-state index < -0.39 is 17.9 Å². The van der Waals surface area contributed by atoms with Crippen LogP contribution in [0.5, 0.6) is 0 Å². The van der Waals surface area contributed by atoms with Crippen LogP contribution in [0, 0.1) is 12.9 Å². The van der Waals surface area contributed by atoms with Crippen molar-refractivity contribution < 1.29 is 13.2 Å². The molecular weight excluding hydrogens is 181 g/mol. The molecule has 0 aromatic carbocycles. The average Bonchev–Trinajstić information content (AvgIpc) is 2.07. The number of aromatic nitrogens is 1. The van der Waals surface area contributed by atoms with Gasteiger partial charge < -0.3 is 5.73 Å². The van der Waals surface area contributed by atoms with Gasteiger partial charge in [-0.15, -0.1) is 0 Å². The summed E-state index contributed by atoms with van der Waals surface area (Å²) in [6.07, 6.45) is -2.84. The first-order valence-corrected chi connectivity index (χ1v) is 3.70. The first kappa shape index (κ1) is 9.98. The second-order valence-corrected chi connectivity index (χ2v) is 2.64. The van der Waals surface area contributed by atoms with Crippen molar-refractivity contribution in [2.75, 3.05) is 0 Å². The molecule has 2 N–H and O–H groups in total. The Morgan fingerprint density at radius 3 is 2.62 bits per heavy atom. The van der Waals surface area contributed by atoms with Crippen LogP contribution < -0.4 is 5.73 Å². The second kappa shape index (κ2) is 3.74. The molecular formula is C8H9F3N2. The Balaban J connectivity index is 3.20. The largest absolute Gasteiger partial charge is 0.325 e. The van der Waals surface area contributed by atoms with Gasteiger partial charge in [0.15, 0.2) is 0 Å². The smallest absolute Gasteiger partial charge is 0.268 e. The number of rotatable bonds is 2. The summed E-state index contributed by atoms with van der Waals surface area (Å²) < 4.78 is 37.1. The molecule has 5 heteroatoms. The number of nitrogens with two attached hydrogens (primary N) is 1. The second-order valence-electron chi connectivity index (χ2n) is 2.64. The molecule has 0 aliphatic rings. The van der Waals surface area contributed by atoms with E-state index in [1.807, 2.05) is 0 Å². The van der Waals surface area contributed by atoms with Gasteiger partial charge in [0.05, 0.1) is 11.3 Å². The van der Waals surface area contributed by atoms with Crippen LogP contribution in [0.4, 0.5) is 13.2 Å². The molecule has 1 heterocycles.